The third-order valence-corrected chi connectivity index (χ3v) is 6.32. The first kappa shape index (κ1) is 23.9. The molecule has 4 N–H and O–H groups in total. The summed E-state index contributed by atoms with van der Waals surface area (Å²) in [5.74, 6) is 0.455. The van der Waals surface area contributed by atoms with Crippen molar-refractivity contribution in [2.45, 2.75) is 70.1 Å². The van der Waals surface area contributed by atoms with Gasteiger partial charge in [0.15, 0.2) is 11.7 Å². The molecule has 0 amide bonds. The second-order valence-electron chi connectivity index (χ2n) is 9.18. The largest absolute Gasteiger partial charge is 0.495 e. The maximum atomic E-state index is 12.9. The van der Waals surface area contributed by atoms with E-state index >= 15 is 0 Å². The predicted molar refractivity (Wildman–Crippen MR) is 115 cm³/mol. The topological polar surface area (TPSA) is 148 Å². The molecular formula is C23H30O10. The van der Waals surface area contributed by atoms with Crippen LogP contribution in [0.5, 0.6) is 11.5 Å². The molecule has 0 spiro atoms. The molecule has 182 valence electrons. The van der Waals surface area contributed by atoms with Crippen LogP contribution in [0.15, 0.2) is 21.3 Å². The minimum atomic E-state index is -1.23. The molecule has 6 unspecified atom stereocenters. The lowest BCUT2D eigenvalue weighted by molar-refractivity contribution is -0.286. The van der Waals surface area contributed by atoms with Crippen molar-refractivity contribution in [3.8, 4) is 11.5 Å². The second-order valence-corrected chi connectivity index (χ2v) is 9.18. The second kappa shape index (κ2) is 8.86. The summed E-state index contributed by atoms with van der Waals surface area (Å²) in [6.07, 6.45) is -4.39. The Morgan fingerprint density at radius 2 is 1.94 bits per heavy atom. The van der Waals surface area contributed by atoms with Crippen LogP contribution >= 0.6 is 0 Å². The van der Waals surface area contributed by atoms with Crippen LogP contribution in [0.3, 0.4) is 0 Å². The van der Waals surface area contributed by atoms with Gasteiger partial charge in [0.1, 0.15) is 53.1 Å². The number of rotatable bonds is 6. The van der Waals surface area contributed by atoms with E-state index in [9.17, 15) is 25.2 Å². The molecule has 1 saturated heterocycles. The monoisotopic (exact) mass is 466 g/mol. The minimum absolute atomic E-state index is 0.145. The smallest absolute Gasteiger partial charge is 0.196 e. The molecule has 2 aliphatic heterocycles. The van der Waals surface area contributed by atoms with Crippen molar-refractivity contribution in [3.63, 3.8) is 0 Å². The molecule has 1 aromatic carbocycles. The molecule has 1 fully saturated rings. The molecule has 4 rings (SSSR count). The normalized spacial score (nSPS) is 29.7. The van der Waals surface area contributed by atoms with Crippen molar-refractivity contribution in [2.24, 2.45) is 5.92 Å². The third kappa shape index (κ3) is 4.34. The lowest BCUT2D eigenvalue weighted by Crippen LogP contribution is -2.55. The van der Waals surface area contributed by atoms with Crippen LogP contribution in [0.25, 0.3) is 11.0 Å². The van der Waals surface area contributed by atoms with Crippen molar-refractivity contribution >= 4 is 11.0 Å². The Hall–Kier alpha value is -2.21. The van der Waals surface area contributed by atoms with Crippen LogP contribution in [0.2, 0.25) is 0 Å². The number of aliphatic hydroxyl groups excluding tert-OH is 3. The maximum absolute atomic E-state index is 12.9. The highest BCUT2D eigenvalue weighted by Crippen LogP contribution is 2.43. The molecule has 0 bridgehead atoms. The summed E-state index contributed by atoms with van der Waals surface area (Å²) in [5, 5.41) is 40.1. The van der Waals surface area contributed by atoms with Gasteiger partial charge in [0.05, 0.1) is 25.4 Å². The van der Waals surface area contributed by atoms with E-state index in [1.807, 2.05) is 0 Å². The predicted octanol–water partition coefficient (Wildman–Crippen LogP) is 0.468. The van der Waals surface area contributed by atoms with Crippen molar-refractivity contribution < 1.29 is 43.8 Å². The first-order valence-corrected chi connectivity index (χ1v) is 10.8. The van der Waals surface area contributed by atoms with Gasteiger partial charge in [0.25, 0.3) is 0 Å². The summed E-state index contributed by atoms with van der Waals surface area (Å²) in [6.45, 7) is 4.33. The minimum Gasteiger partial charge on any atom is -0.495 e. The fourth-order valence-corrected chi connectivity index (χ4v) is 4.30. The maximum Gasteiger partial charge on any atom is 0.196 e. The van der Waals surface area contributed by atoms with Gasteiger partial charge >= 0.3 is 0 Å². The Labute approximate surface area is 190 Å². The highest BCUT2D eigenvalue weighted by molar-refractivity contribution is 5.87. The SMILES string of the molecule is COc1c2c(cc3oc(COC4OC(CO)C(O)C(O)C4C)cc(=O)c13)OC(C(C)(C)O)C2. The molecule has 1 aromatic heterocycles. The van der Waals surface area contributed by atoms with Crippen LogP contribution in [-0.4, -0.2) is 70.4 Å². The van der Waals surface area contributed by atoms with Gasteiger partial charge in [0, 0.05) is 30.0 Å². The number of fused-ring (bicyclic) bond motifs is 2. The highest BCUT2D eigenvalue weighted by Gasteiger charge is 2.42. The number of methoxy groups -OCH3 is 1. The third-order valence-electron chi connectivity index (χ3n) is 6.32. The Morgan fingerprint density at radius 3 is 2.58 bits per heavy atom. The van der Waals surface area contributed by atoms with Crippen LogP contribution in [0, 0.1) is 5.92 Å². The molecule has 10 nitrogen and oxygen atoms in total. The Balaban J connectivity index is 1.61. The highest BCUT2D eigenvalue weighted by atomic mass is 16.7. The van der Waals surface area contributed by atoms with Gasteiger partial charge in [-0.3, -0.25) is 4.79 Å². The van der Waals surface area contributed by atoms with E-state index in [-0.39, 0.29) is 28.8 Å². The molecule has 10 heteroatoms. The molecule has 6 atom stereocenters. The van der Waals surface area contributed by atoms with E-state index in [2.05, 4.69) is 0 Å². The van der Waals surface area contributed by atoms with Crippen LogP contribution in [-0.2, 0) is 22.5 Å². The van der Waals surface area contributed by atoms with Crippen LogP contribution in [0.4, 0.5) is 0 Å². The van der Waals surface area contributed by atoms with E-state index < -0.39 is 48.8 Å². The lowest BCUT2D eigenvalue weighted by atomic mass is 9.92. The van der Waals surface area contributed by atoms with E-state index in [1.54, 1.807) is 26.8 Å². The first-order valence-electron chi connectivity index (χ1n) is 10.8. The number of ether oxygens (including phenoxy) is 4. The van der Waals surface area contributed by atoms with Crippen molar-refractivity contribution in [3.05, 3.63) is 33.7 Å². The van der Waals surface area contributed by atoms with E-state index in [4.69, 9.17) is 23.4 Å². The summed E-state index contributed by atoms with van der Waals surface area (Å²) < 4.78 is 28.6. The molecule has 2 aliphatic rings. The van der Waals surface area contributed by atoms with Crippen LogP contribution in [0.1, 0.15) is 32.1 Å². The number of benzene rings is 1. The standard InChI is InChI=1S/C23H30O10/c1-10-19(26)20(27)16(8-24)33-22(10)30-9-11-5-13(25)18-15(31-11)7-14-12(21(18)29-4)6-17(32-14)23(2,3)28/h5,7,10,16-17,19-20,22,24,26-28H,6,8-9H2,1-4H3. The molecule has 33 heavy (non-hydrogen) atoms. The molecular weight excluding hydrogens is 436 g/mol. The van der Waals surface area contributed by atoms with Crippen molar-refractivity contribution in [2.75, 3.05) is 13.7 Å². The van der Waals surface area contributed by atoms with Gasteiger partial charge < -0.3 is 43.8 Å². The lowest BCUT2D eigenvalue weighted by Gasteiger charge is -2.40. The Kier molecular flexibility index (Phi) is 6.43. The Bertz CT molecular complexity index is 1070. The number of hydrogen-bond acceptors (Lipinski definition) is 10. The fraction of sp³-hybridized carbons (Fsp3) is 0.609. The molecule has 2 aromatic rings. The van der Waals surface area contributed by atoms with Gasteiger partial charge in [0.2, 0.25) is 0 Å². The summed E-state index contributed by atoms with van der Waals surface area (Å²) in [4.78, 5) is 12.9. The zero-order valence-electron chi connectivity index (χ0n) is 19.0. The van der Waals surface area contributed by atoms with Gasteiger partial charge in [-0.25, -0.2) is 0 Å². The van der Waals surface area contributed by atoms with Gasteiger partial charge in [-0.15, -0.1) is 0 Å². The quantitative estimate of drug-likeness (QED) is 0.473. The van der Waals surface area contributed by atoms with Gasteiger partial charge in [-0.2, -0.15) is 0 Å². The summed E-state index contributed by atoms with van der Waals surface area (Å²) in [6, 6.07) is 2.90. The molecule has 0 saturated carbocycles. The van der Waals surface area contributed by atoms with Gasteiger partial charge in [-0.1, -0.05) is 6.92 Å². The number of hydrogen-bond donors (Lipinski definition) is 4. The molecule has 0 aliphatic carbocycles. The van der Waals surface area contributed by atoms with Crippen molar-refractivity contribution in [1.29, 1.82) is 0 Å². The average molecular weight is 466 g/mol. The van der Waals surface area contributed by atoms with Crippen molar-refractivity contribution in [1.82, 2.24) is 0 Å². The summed E-state index contributed by atoms with van der Waals surface area (Å²) in [5.41, 5.74) is -0.481. The summed E-state index contributed by atoms with van der Waals surface area (Å²) >= 11 is 0. The van der Waals surface area contributed by atoms with E-state index in [0.29, 0.717) is 23.5 Å². The molecule has 3 heterocycles. The van der Waals surface area contributed by atoms with E-state index in [1.165, 1.54) is 13.2 Å². The Morgan fingerprint density at radius 1 is 1.21 bits per heavy atom. The average Bonchev–Trinajstić information content (AvgIpc) is 3.20. The van der Waals surface area contributed by atoms with Gasteiger partial charge in [-0.05, 0) is 13.8 Å². The van der Waals surface area contributed by atoms with Crippen LogP contribution < -0.4 is 14.9 Å². The fourth-order valence-electron chi connectivity index (χ4n) is 4.30. The van der Waals surface area contributed by atoms with E-state index in [0.717, 1.165) is 0 Å². The first-order chi connectivity index (χ1) is 15.5. The number of aliphatic hydroxyl groups is 4. The molecule has 0 radical (unpaired) electrons. The zero-order chi connectivity index (χ0) is 24.1. The summed E-state index contributed by atoms with van der Waals surface area (Å²) in [7, 11) is 1.46. The zero-order valence-corrected chi connectivity index (χ0v) is 19.0.